The van der Waals surface area contributed by atoms with Crippen LogP contribution in [0.25, 0.3) is 0 Å². The Labute approximate surface area is 72.2 Å². The molecule has 0 aliphatic carbocycles. The molecule has 0 saturated heterocycles. The maximum atomic E-state index is 12.0. The monoisotopic (exact) mass is 195 g/mol. The van der Waals surface area contributed by atoms with E-state index in [0.29, 0.717) is 11.3 Å². The topological polar surface area (TPSA) is 12.9 Å². The number of halogens is 3. The minimum atomic E-state index is -4.28. The first-order valence-electron chi connectivity index (χ1n) is 3.56. The van der Waals surface area contributed by atoms with E-state index in [0.717, 1.165) is 17.8 Å². The summed E-state index contributed by atoms with van der Waals surface area (Å²) in [6.45, 7) is 1.92. The molecule has 0 aromatic carbocycles. The minimum absolute atomic E-state index is 0.674. The van der Waals surface area contributed by atoms with Gasteiger partial charge in [-0.05, 0) is 6.42 Å². The summed E-state index contributed by atoms with van der Waals surface area (Å²) < 4.78 is 36.0. The number of alkyl halides is 3. The summed E-state index contributed by atoms with van der Waals surface area (Å²) in [4.78, 5) is 4.00. The third kappa shape index (κ3) is 2.20. The van der Waals surface area contributed by atoms with Crippen molar-refractivity contribution >= 4 is 11.3 Å². The molecule has 0 atom stereocenters. The van der Waals surface area contributed by atoms with E-state index in [-0.39, 0.29) is 0 Å². The predicted octanol–water partition coefficient (Wildman–Crippen LogP) is 3.11. The fourth-order valence-electron chi connectivity index (χ4n) is 0.801. The summed E-state index contributed by atoms with van der Waals surface area (Å²) in [5.74, 6) is 0. The van der Waals surface area contributed by atoms with E-state index < -0.39 is 11.2 Å². The molecule has 0 bridgehead atoms. The van der Waals surface area contributed by atoms with Gasteiger partial charge in [0.05, 0.1) is 0 Å². The van der Waals surface area contributed by atoms with E-state index in [4.69, 9.17) is 0 Å². The highest BCUT2D eigenvalue weighted by atomic mass is 32.1. The SMILES string of the molecule is CCCc1cnc(C(F)(F)F)s1. The van der Waals surface area contributed by atoms with E-state index in [1.807, 2.05) is 6.92 Å². The molecule has 5 heteroatoms. The highest BCUT2D eigenvalue weighted by Gasteiger charge is 2.34. The Balaban J connectivity index is 2.77. The second-order valence-corrected chi connectivity index (χ2v) is 3.49. The third-order valence-corrected chi connectivity index (χ3v) is 2.39. The molecule has 0 saturated carbocycles. The van der Waals surface area contributed by atoms with Gasteiger partial charge in [-0.25, -0.2) is 4.98 Å². The number of hydrogen-bond acceptors (Lipinski definition) is 2. The van der Waals surface area contributed by atoms with E-state index in [9.17, 15) is 13.2 Å². The number of thiazole rings is 1. The summed E-state index contributed by atoms with van der Waals surface area (Å²) in [5, 5.41) is -0.744. The van der Waals surface area contributed by atoms with Crippen LogP contribution in [0.15, 0.2) is 6.20 Å². The zero-order valence-electron chi connectivity index (χ0n) is 6.48. The molecule has 0 aliphatic heterocycles. The number of aromatic nitrogens is 1. The predicted molar refractivity (Wildman–Crippen MR) is 41.1 cm³/mol. The molecule has 1 rings (SSSR count). The van der Waals surface area contributed by atoms with Crippen molar-refractivity contribution in [2.45, 2.75) is 25.9 Å². The molecular weight excluding hydrogens is 187 g/mol. The number of nitrogens with zero attached hydrogens (tertiary/aromatic N) is 1. The van der Waals surface area contributed by atoms with Gasteiger partial charge in [0.2, 0.25) is 0 Å². The lowest BCUT2D eigenvalue weighted by atomic mass is 10.3. The van der Waals surface area contributed by atoms with Crippen LogP contribution in [0.4, 0.5) is 13.2 Å². The fraction of sp³-hybridized carbons (Fsp3) is 0.571. The Morgan fingerprint density at radius 3 is 2.58 bits per heavy atom. The maximum absolute atomic E-state index is 12.0. The highest BCUT2D eigenvalue weighted by molar-refractivity contribution is 7.11. The Bertz CT molecular complexity index is 253. The van der Waals surface area contributed by atoms with Crippen LogP contribution in [-0.4, -0.2) is 4.98 Å². The summed E-state index contributed by atoms with van der Waals surface area (Å²) in [5.41, 5.74) is 0. The number of hydrogen-bond donors (Lipinski definition) is 0. The zero-order chi connectivity index (χ0) is 9.19. The highest BCUT2D eigenvalue weighted by Crippen LogP contribution is 2.32. The van der Waals surface area contributed by atoms with Gasteiger partial charge in [-0.1, -0.05) is 13.3 Å². The largest absolute Gasteiger partial charge is 0.443 e. The van der Waals surface area contributed by atoms with Crippen LogP contribution in [0.1, 0.15) is 23.2 Å². The van der Waals surface area contributed by atoms with E-state index >= 15 is 0 Å². The third-order valence-electron chi connectivity index (χ3n) is 1.29. The van der Waals surface area contributed by atoms with Crippen molar-refractivity contribution in [3.05, 3.63) is 16.1 Å². The van der Waals surface area contributed by atoms with Gasteiger partial charge in [0.15, 0.2) is 5.01 Å². The summed E-state index contributed by atoms with van der Waals surface area (Å²) in [6.07, 6.45) is -1.46. The van der Waals surface area contributed by atoms with E-state index in [2.05, 4.69) is 4.98 Å². The molecular formula is C7H8F3NS. The average molecular weight is 195 g/mol. The van der Waals surface area contributed by atoms with Gasteiger partial charge in [-0.2, -0.15) is 13.2 Å². The van der Waals surface area contributed by atoms with Crippen molar-refractivity contribution < 1.29 is 13.2 Å². The van der Waals surface area contributed by atoms with Crippen molar-refractivity contribution in [3.8, 4) is 0 Å². The van der Waals surface area contributed by atoms with Crippen molar-refractivity contribution in [1.82, 2.24) is 4.98 Å². The summed E-state index contributed by atoms with van der Waals surface area (Å²) >= 11 is 0.728. The van der Waals surface area contributed by atoms with Gasteiger partial charge in [0.25, 0.3) is 0 Å². The van der Waals surface area contributed by atoms with Crippen LogP contribution in [0.3, 0.4) is 0 Å². The van der Waals surface area contributed by atoms with Crippen LogP contribution in [-0.2, 0) is 12.6 Å². The average Bonchev–Trinajstić information content (AvgIpc) is 2.35. The van der Waals surface area contributed by atoms with Gasteiger partial charge in [-0.15, -0.1) is 11.3 Å². The van der Waals surface area contributed by atoms with Gasteiger partial charge in [-0.3, -0.25) is 0 Å². The van der Waals surface area contributed by atoms with E-state index in [1.54, 1.807) is 0 Å². The Morgan fingerprint density at radius 2 is 2.17 bits per heavy atom. The second kappa shape index (κ2) is 3.43. The molecule has 0 aliphatic rings. The van der Waals surface area contributed by atoms with Gasteiger partial charge in [0.1, 0.15) is 0 Å². The molecule has 0 fully saturated rings. The molecule has 1 aromatic heterocycles. The molecule has 1 heterocycles. The first-order valence-corrected chi connectivity index (χ1v) is 4.37. The fourth-order valence-corrected chi connectivity index (χ4v) is 1.68. The smallest absolute Gasteiger partial charge is 0.240 e. The van der Waals surface area contributed by atoms with Gasteiger partial charge in [0, 0.05) is 11.1 Å². The Kier molecular flexibility index (Phi) is 2.72. The Morgan fingerprint density at radius 1 is 1.50 bits per heavy atom. The molecule has 1 nitrogen and oxygen atoms in total. The van der Waals surface area contributed by atoms with Gasteiger partial charge < -0.3 is 0 Å². The van der Waals surface area contributed by atoms with E-state index in [1.165, 1.54) is 6.20 Å². The van der Waals surface area contributed by atoms with Crippen molar-refractivity contribution in [1.29, 1.82) is 0 Å². The maximum Gasteiger partial charge on any atom is 0.443 e. The lowest BCUT2D eigenvalue weighted by molar-refractivity contribution is -0.137. The zero-order valence-corrected chi connectivity index (χ0v) is 7.30. The molecule has 12 heavy (non-hydrogen) atoms. The van der Waals surface area contributed by atoms with Gasteiger partial charge >= 0.3 is 6.18 Å². The standard InChI is InChI=1S/C7H8F3NS/c1-2-3-5-4-11-6(12-5)7(8,9)10/h4H,2-3H2,1H3. The van der Waals surface area contributed by atoms with Crippen LogP contribution < -0.4 is 0 Å². The minimum Gasteiger partial charge on any atom is -0.240 e. The van der Waals surface area contributed by atoms with Crippen molar-refractivity contribution in [3.63, 3.8) is 0 Å². The molecule has 0 spiro atoms. The van der Waals surface area contributed by atoms with Crippen molar-refractivity contribution in [2.24, 2.45) is 0 Å². The van der Waals surface area contributed by atoms with Crippen LogP contribution in [0.5, 0.6) is 0 Å². The normalized spacial score (nSPS) is 12.0. The first kappa shape index (κ1) is 9.51. The van der Waals surface area contributed by atoms with Crippen LogP contribution in [0, 0.1) is 0 Å². The summed E-state index contributed by atoms with van der Waals surface area (Å²) in [6, 6.07) is 0. The first-order chi connectivity index (χ1) is 5.54. The summed E-state index contributed by atoms with van der Waals surface area (Å²) in [7, 11) is 0. The Hall–Kier alpha value is -0.580. The second-order valence-electron chi connectivity index (χ2n) is 2.38. The lowest BCUT2D eigenvalue weighted by Gasteiger charge is -1.98. The quantitative estimate of drug-likeness (QED) is 0.706. The number of aryl methyl sites for hydroxylation is 1. The molecule has 0 unspecified atom stereocenters. The van der Waals surface area contributed by atoms with Crippen LogP contribution >= 0.6 is 11.3 Å². The molecule has 0 amide bonds. The molecule has 0 N–H and O–H groups in total. The van der Waals surface area contributed by atoms with Crippen LogP contribution in [0.2, 0.25) is 0 Å². The molecule has 0 radical (unpaired) electrons. The molecule has 68 valence electrons. The molecule has 1 aromatic rings. The lowest BCUT2D eigenvalue weighted by Crippen LogP contribution is -2.02. The number of rotatable bonds is 2. The van der Waals surface area contributed by atoms with Crippen molar-refractivity contribution in [2.75, 3.05) is 0 Å².